The van der Waals surface area contributed by atoms with E-state index >= 15 is 0 Å². The lowest BCUT2D eigenvalue weighted by Gasteiger charge is -2.30. The van der Waals surface area contributed by atoms with Crippen molar-refractivity contribution in [1.29, 1.82) is 0 Å². The number of aromatic nitrogens is 2. The molecule has 1 aliphatic heterocycles. The van der Waals surface area contributed by atoms with E-state index in [1.54, 1.807) is 13.0 Å². The first kappa shape index (κ1) is 19.4. The van der Waals surface area contributed by atoms with Crippen molar-refractivity contribution < 1.29 is 22.1 Å². The summed E-state index contributed by atoms with van der Waals surface area (Å²) >= 11 is 0. The molecule has 146 valence electrons. The molecule has 10 heteroatoms. The molecule has 1 N–H and O–H groups in total. The van der Waals surface area contributed by atoms with Crippen LogP contribution in [0.3, 0.4) is 0 Å². The van der Waals surface area contributed by atoms with Gasteiger partial charge in [0, 0.05) is 19.0 Å². The molecular formula is C17H21FN4O4S. The second-order valence-corrected chi connectivity index (χ2v) is 8.48. The molecule has 1 aromatic heterocycles. The average molecular weight is 396 g/mol. The Labute approximate surface area is 156 Å². The highest BCUT2D eigenvalue weighted by molar-refractivity contribution is 7.88. The summed E-state index contributed by atoms with van der Waals surface area (Å²) in [5, 5.41) is 6.39. The number of carbonyl (C=O) groups excluding carboxylic acids is 1. The number of benzene rings is 1. The van der Waals surface area contributed by atoms with Gasteiger partial charge in [0.1, 0.15) is 5.82 Å². The molecule has 1 amide bonds. The Kier molecular flexibility index (Phi) is 5.85. The van der Waals surface area contributed by atoms with Crippen molar-refractivity contribution in [2.45, 2.75) is 32.1 Å². The van der Waals surface area contributed by atoms with Crippen molar-refractivity contribution >= 4 is 15.9 Å². The summed E-state index contributed by atoms with van der Waals surface area (Å²) in [4.78, 5) is 16.3. The lowest BCUT2D eigenvalue weighted by Crippen LogP contribution is -2.43. The van der Waals surface area contributed by atoms with Crippen LogP contribution in [0.1, 0.15) is 30.1 Å². The molecule has 0 aliphatic carbocycles. The largest absolute Gasteiger partial charge is 0.347 e. The SMILES string of the molecule is Cc1noc(CNC(=O)C2CCN(S(=O)(=O)Cc3cccc(F)c3)CC2)n1. The molecule has 0 spiro atoms. The van der Waals surface area contributed by atoms with Crippen LogP contribution < -0.4 is 5.32 Å². The van der Waals surface area contributed by atoms with Crippen molar-refractivity contribution in [3.05, 3.63) is 47.4 Å². The maximum atomic E-state index is 13.3. The number of sulfonamides is 1. The first-order chi connectivity index (χ1) is 12.8. The van der Waals surface area contributed by atoms with Crippen LogP contribution in [-0.4, -0.2) is 41.9 Å². The molecule has 3 rings (SSSR count). The number of piperidine rings is 1. The molecule has 1 fully saturated rings. The first-order valence-corrected chi connectivity index (χ1v) is 10.2. The third kappa shape index (κ3) is 5.10. The van der Waals surface area contributed by atoms with Gasteiger partial charge in [0.2, 0.25) is 21.8 Å². The predicted octanol–water partition coefficient (Wildman–Crippen LogP) is 1.38. The van der Waals surface area contributed by atoms with Gasteiger partial charge in [-0.3, -0.25) is 4.79 Å². The third-order valence-corrected chi connectivity index (χ3v) is 6.29. The maximum absolute atomic E-state index is 13.3. The molecule has 2 aromatic rings. The number of hydrogen-bond donors (Lipinski definition) is 1. The number of halogens is 1. The van der Waals surface area contributed by atoms with Crippen LogP contribution in [0, 0.1) is 18.7 Å². The van der Waals surface area contributed by atoms with Gasteiger partial charge >= 0.3 is 0 Å². The normalized spacial score (nSPS) is 16.4. The van der Waals surface area contributed by atoms with Crippen LogP contribution in [0.4, 0.5) is 4.39 Å². The molecular weight excluding hydrogens is 375 g/mol. The van der Waals surface area contributed by atoms with Crippen LogP contribution >= 0.6 is 0 Å². The molecule has 0 bridgehead atoms. The zero-order chi connectivity index (χ0) is 19.4. The van der Waals surface area contributed by atoms with Gasteiger partial charge in [-0.2, -0.15) is 4.98 Å². The Morgan fingerprint density at radius 2 is 2.11 bits per heavy atom. The van der Waals surface area contributed by atoms with E-state index in [2.05, 4.69) is 15.5 Å². The number of carbonyl (C=O) groups is 1. The van der Waals surface area contributed by atoms with Crippen molar-refractivity contribution in [3.63, 3.8) is 0 Å². The van der Waals surface area contributed by atoms with E-state index < -0.39 is 15.8 Å². The second-order valence-electron chi connectivity index (χ2n) is 6.51. The summed E-state index contributed by atoms with van der Waals surface area (Å²) in [5.74, 6) is -0.317. The van der Waals surface area contributed by atoms with E-state index in [1.807, 2.05) is 0 Å². The average Bonchev–Trinajstić information content (AvgIpc) is 3.05. The third-order valence-electron chi connectivity index (χ3n) is 4.44. The molecule has 27 heavy (non-hydrogen) atoms. The summed E-state index contributed by atoms with van der Waals surface area (Å²) in [6, 6.07) is 5.56. The molecule has 8 nitrogen and oxygen atoms in total. The van der Waals surface area contributed by atoms with E-state index in [0.717, 1.165) is 0 Å². The standard InChI is InChI=1S/C17H21FN4O4S/c1-12-20-16(26-21-12)10-19-17(23)14-5-7-22(8-6-14)27(24,25)11-13-3-2-4-15(18)9-13/h2-4,9,14H,5-8,10-11H2,1H3,(H,19,23). The van der Waals surface area contributed by atoms with Crippen LogP contribution in [0.15, 0.2) is 28.8 Å². The molecule has 1 aromatic carbocycles. The van der Waals surface area contributed by atoms with E-state index in [4.69, 9.17) is 4.52 Å². The molecule has 0 saturated carbocycles. The van der Waals surface area contributed by atoms with Gasteiger partial charge in [-0.15, -0.1) is 0 Å². The van der Waals surface area contributed by atoms with Crippen molar-refractivity contribution in [2.75, 3.05) is 13.1 Å². The van der Waals surface area contributed by atoms with Crippen molar-refractivity contribution in [1.82, 2.24) is 19.8 Å². The Balaban J connectivity index is 1.50. The Hall–Kier alpha value is -2.33. The zero-order valence-corrected chi connectivity index (χ0v) is 15.7. The fraction of sp³-hybridized carbons (Fsp3) is 0.471. The molecule has 2 heterocycles. The highest BCUT2D eigenvalue weighted by Gasteiger charge is 2.31. The summed E-state index contributed by atoms with van der Waals surface area (Å²) < 4.78 is 44.6. The lowest BCUT2D eigenvalue weighted by molar-refractivity contribution is -0.126. The van der Waals surface area contributed by atoms with Crippen molar-refractivity contribution in [3.8, 4) is 0 Å². The molecule has 0 unspecified atom stereocenters. The van der Waals surface area contributed by atoms with Gasteiger partial charge in [-0.05, 0) is 37.5 Å². The number of hydrogen-bond acceptors (Lipinski definition) is 6. The van der Waals surface area contributed by atoms with E-state index in [0.29, 0.717) is 30.1 Å². The molecule has 1 aliphatic rings. The highest BCUT2D eigenvalue weighted by Crippen LogP contribution is 2.22. The van der Waals surface area contributed by atoms with Gasteiger partial charge in [0.15, 0.2) is 5.82 Å². The molecule has 1 saturated heterocycles. The Morgan fingerprint density at radius 1 is 1.37 bits per heavy atom. The Morgan fingerprint density at radius 3 is 2.74 bits per heavy atom. The van der Waals surface area contributed by atoms with Gasteiger partial charge in [-0.25, -0.2) is 17.1 Å². The van der Waals surface area contributed by atoms with Gasteiger partial charge in [0.05, 0.1) is 12.3 Å². The zero-order valence-electron chi connectivity index (χ0n) is 14.9. The smallest absolute Gasteiger partial charge is 0.246 e. The van der Waals surface area contributed by atoms with Crippen LogP contribution in [0.5, 0.6) is 0 Å². The summed E-state index contributed by atoms with van der Waals surface area (Å²) in [7, 11) is -3.55. The van der Waals surface area contributed by atoms with Gasteiger partial charge in [-0.1, -0.05) is 17.3 Å². The fourth-order valence-corrected chi connectivity index (χ4v) is 4.59. The predicted molar refractivity (Wildman–Crippen MR) is 94.2 cm³/mol. The summed E-state index contributed by atoms with van der Waals surface area (Å²) in [6.45, 7) is 2.36. The van der Waals surface area contributed by atoms with E-state index in [1.165, 1.54) is 22.5 Å². The maximum Gasteiger partial charge on any atom is 0.246 e. The monoisotopic (exact) mass is 396 g/mol. The Bertz CT molecular complexity index is 907. The molecule has 0 radical (unpaired) electrons. The van der Waals surface area contributed by atoms with Crippen LogP contribution in [0.2, 0.25) is 0 Å². The minimum atomic E-state index is -3.55. The number of aryl methyl sites for hydroxylation is 1. The quantitative estimate of drug-likeness (QED) is 0.791. The number of rotatable bonds is 6. The van der Waals surface area contributed by atoms with Gasteiger partial charge < -0.3 is 9.84 Å². The number of nitrogens with one attached hydrogen (secondary N) is 1. The lowest BCUT2D eigenvalue weighted by atomic mass is 9.97. The van der Waals surface area contributed by atoms with Crippen LogP contribution in [-0.2, 0) is 27.1 Å². The second kappa shape index (κ2) is 8.13. The minimum absolute atomic E-state index is 0.151. The summed E-state index contributed by atoms with van der Waals surface area (Å²) in [6.07, 6.45) is 0.855. The van der Waals surface area contributed by atoms with Gasteiger partial charge in [0.25, 0.3) is 0 Å². The molecule has 0 atom stereocenters. The number of amides is 1. The summed E-state index contributed by atoms with van der Waals surface area (Å²) in [5.41, 5.74) is 0.407. The van der Waals surface area contributed by atoms with E-state index in [9.17, 15) is 17.6 Å². The topological polar surface area (TPSA) is 105 Å². The fourth-order valence-electron chi connectivity index (χ4n) is 3.04. The minimum Gasteiger partial charge on any atom is -0.347 e. The van der Waals surface area contributed by atoms with E-state index in [-0.39, 0.29) is 37.2 Å². The van der Waals surface area contributed by atoms with Crippen LogP contribution in [0.25, 0.3) is 0 Å². The first-order valence-electron chi connectivity index (χ1n) is 8.62. The van der Waals surface area contributed by atoms with Crippen molar-refractivity contribution in [2.24, 2.45) is 5.92 Å². The highest BCUT2D eigenvalue weighted by atomic mass is 32.2. The number of nitrogens with zero attached hydrogens (tertiary/aromatic N) is 3.